The SMILES string of the molecule is C[C@]12CCC(=O)N1[C@H](C(=O)O)Cc1occc12. The van der Waals surface area contributed by atoms with Crippen LogP contribution in [0.1, 0.15) is 31.1 Å². The minimum Gasteiger partial charge on any atom is -0.480 e. The molecule has 1 amide bonds. The molecule has 1 saturated heterocycles. The van der Waals surface area contributed by atoms with Crippen LogP contribution in [0.3, 0.4) is 0 Å². The van der Waals surface area contributed by atoms with Crippen molar-refractivity contribution < 1.29 is 19.1 Å². The van der Waals surface area contributed by atoms with E-state index in [2.05, 4.69) is 0 Å². The third kappa shape index (κ3) is 1.19. The van der Waals surface area contributed by atoms with Crippen molar-refractivity contribution >= 4 is 11.9 Å². The van der Waals surface area contributed by atoms with Gasteiger partial charge in [0.15, 0.2) is 0 Å². The van der Waals surface area contributed by atoms with E-state index in [-0.39, 0.29) is 12.3 Å². The Bertz CT molecular complexity index is 506. The van der Waals surface area contributed by atoms with Crippen LogP contribution in [-0.2, 0) is 21.5 Å². The highest BCUT2D eigenvalue weighted by Crippen LogP contribution is 2.46. The van der Waals surface area contributed by atoms with Gasteiger partial charge >= 0.3 is 5.97 Å². The summed E-state index contributed by atoms with van der Waals surface area (Å²) in [5.41, 5.74) is 0.446. The summed E-state index contributed by atoms with van der Waals surface area (Å²) < 4.78 is 5.34. The lowest BCUT2D eigenvalue weighted by molar-refractivity contribution is -0.153. The van der Waals surface area contributed by atoms with Gasteiger partial charge in [0.05, 0.1) is 11.8 Å². The van der Waals surface area contributed by atoms with Gasteiger partial charge in [-0.05, 0) is 19.4 Å². The fraction of sp³-hybridized carbons (Fsp3) is 0.500. The molecule has 2 aliphatic rings. The normalized spacial score (nSPS) is 31.2. The number of carboxylic acid groups (broad SMARTS) is 1. The maximum atomic E-state index is 11.9. The van der Waals surface area contributed by atoms with Gasteiger partial charge in [0.2, 0.25) is 5.91 Å². The van der Waals surface area contributed by atoms with E-state index in [0.29, 0.717) is 18.6 Å². The number of rotatable bonds is 1. The largest absolute Gasteiger partial charge is 0.480 e. The van der Waals surface area contributed by atoms with Crippen molar-refractivity contribution in [1.82, 2.24) is 4.90 Å². The molecule has 2 aliphatic heterocycles. The van der Waals surface area contributed by atoms with Crippen molar-refractivity contribution in [2.75, 3.05) is 0 Å². The van der Waals surface area contributed by atoms with Crippen LogP contribution in [0.4, 0.5) is 0 Å². The molecule has 0 saturated carbocycles. The van der Waals surface area contributed by atoms with Crippen LogP contribution in [-0.4, -0.2) is 27.9 Å². The third-order valence-electron chi connectivity index (χ3n) is 3.93. The summed E-state index contributed by atoms with van der Waals surface area (Å²) in [6.07, 6.45) is 2.90. The quantitative estimate of drug-likeness (QED) is 0.792. The zero-order valence-corrected chi connectivity index (χ0v) is 9.47. The third-order valence-corrected chi connectivity index (χ3v) is 3.93. The van der Waals surface area contributed by atoms with Crippen molar-refractivity contribution in [3.05, 3.63) is 23.7 Å². The Morgan fingerprint density at radius 1 is 1.65 bits per heavy atom. The number of carbonyl (C=O) groups excluding carboxylic acids is 1. The van der Waals surface area contributed by atoms with E-state index in [1.165, 1.54) is 4.90 Å². The second-order valence-electron chi connectivity index (χ2n) is 4.85. The highest BCUT2D eigenvalue weighted by molar-refractivity contribution is 5.87. The van der Waals surface area contributed by atoms with Gasteiger partial charge in [-0.3, -0.25) is 4.79 Å². The zero-order valence-electron chi connectivity index (χ0n) is 9.47. The summed E-state index contributed by atoms with van der Waals surface area (Å²) in [6, 6.07) is 1.05. The lowest BCUT2D eigenvalue weighted by atomic mass is 9.83. The van der Waals surface area contributed by atoms with Crippen molar-refractivity contribution in [1.29, 1.82) is 0 Å². The van der Waals surface area contributed by atoms with Gasteiger partial charge in [0, 0.05) is 18.4 Å². The van der Waals surface area contributed by atoms with Gasteiger partial charge in [-0.1, -0.05) is 0 Å². The summed E-state index contributed by atoms with van der Waals surface area (Å²) in [7, 11) is 0. The van der Waals surface area contributed by atoms with E-state index in [9.17, 15) is 14.7 Å². The highest BCUT2D eigenvalue weighted by atomic mass is 16.4. The average Bonchev–Trinajstić information content (AvgIpc) is 2.83. The van der Waals surface area contributed by atoms with Gasteiger partial charge in [0.1, 0.15) is 11.8 Å². The van der Waals surface area contributed by atoms with Gasteiger partial charge in [-0.15, -0.1) is 0 Å². The molecular formula is C12H13NO4. The number of furan rings is 1. The average molecular weight is 235 g/mol. The molecule has 2 atom stereocenters. The topological polar surface area (TPSA) is 70.8 Å². The summed E-state index contributed by atoms with van der Waals surface area (Å²) in [5, 5.41) is 9.25. The number of nitrogens with zero attached hydrogens (tertiary/aromatic N) is 1. The molecule has 1 aromatic rings. The number of hydrogen-bond donors (Lipinski definition) is 1. The monoisotopic (exact) mass is 235 g/mol. The van der Waals surface area contributed by atoms with Crippen LogP contribution in [0, 0.1) is 0 Å². The molecule has 1 fully saturated rings. The molecule has 0 unspecified atom stereocenters. The first kappa shape index (κ1) is 10.4. The predicted molar refractivity (Wildman–Crippen MR) is 57.3 cm³/mol. The van der Waals surface area contributed by atoms with Gasteiger partial charge in [-0.2, -0.15) is 0 Å². The Kier molecular flexibility index (Phi) is 1.91. The van der Waals surface area contributed by atoms with Crippen molar-refractivity contribution in [3.63, 3.8) is 0 Å². The molecule has 0 spiro atoms. The number of fused-ring (bicyclic) bond motifs is 3. The lowest BCUT2D eigenvalue weighted by Gasteiger charge is -2.42. The zero-order chi connectivity index (χ0) is 12.2. The van der Waals surface area contributed by atoms with E-state index in [1.807, 2.05) is 13.0 Å². The molecule has 90 valence electrons. The molecule has 0 aliphatic carbocycles. The number of aliphatic carboxylic acids is 1. The molecule has 3 heterocycles. The van der Waals surface area contributed by atoms with Crippen LogP contribution in [0.5, 0.6) is 0 Å². The Labute approximate surface area is 98.0 Å². The first-order valence-corrected chi connectivity index (χ1v) is 5.66. The van der Waals surface area contributed by atoms with Crippen molar-refractivity contribution in [3.8, 4) is 0 Å². The van der Waals surface area contributed by atoms with Gasteiger partial charge in [0.25, 0.3) is 0 Å². The van der Waals surface area contributed by atoms with Crippen LogP contribution < -0.4 is 0 Å². The van der Waals surface area contributed by atoms with Crippen LogP contribution >= 0.6 is 0 Å². The summed E-state index contributed by atoms with van der Waals surface area (Å²) in [5.74, 6) is -0.342. The second kappa shape index (κ2) is 3.12. The molecule has 0 aromatic carbocycles. The lowest BCUT2D eigenvalue weighted by Crippen LogP contribution is -2.55. The molecule has 3 rings (SSSR count). The summed E-state index contributed by atoms with van der Waals surface area (Å²) in [4.78, 5) is 24.7. The molecular weight excluding hydrogens is 222 g/mol. The highest BCUT2D eigenvalue weighted by Gasteiger charge is 2.53. The predicted octanol–water partition coefficient (Wildman–Crippen LogP) is 1.13. The maximum absolute atomic E-state index is 11.9. The van der Waals surface area contributed by atoms with E-state index in [0.717, 1.165) is 5.56 Å². The van der Waals surface area contributed by atoms with E-state index in [4.69, 9.17) is 4.42 Å². The fourth-order valence-electron chi connectivity index (χ4n) is 3.09. The maximum Gasteiger partial charge on any atom is 0.326 e. The molecule has 17 heavy (non-hydrogen) atoms. The second-order valence-corrected chi connectivity index (χ2v) is 4.85. The molecule has 0 bridgehead atoms. The van der Waals surface area contributed by atoms with Crippen LogP contribution in [0.25, 0.3) is 0 Å². The van der Waals surface area contributed by atoms with Gasteiger partial charge in [-0.25, -0.2) is 4.79 Å². The minimum absolute atomic E-state index is 0.0771. The molecule has 1 N–H and O–H groups in total. The smallest absolute Gasteiger partial charge is 0.326 e. The Balaban J connectivity index is 2.17. The van der Waals surface area contributed by atoms with Crippen LogP contribution in [0.15, 0.2) is 16.7 Å². The number of carboxylic acids is 1. The number of amides is 1. The van der Waals surface area contributed by atoms with E-state index < -0.39 is 17.6 Å². The van der Waals surface area contributed by atoms with Crippen molar-refractivity contribution in [2.45, 2.75) is 37.8 Å². The van der Waals surface area contributed by atoms with Crippen molar-refractivity contribution in [2.24, 2.45) is 0 Å². The molecule has 0 radical (unpaired) electrons. The summed E-state index contributed by atoms with van der Waals surface area (Å²) in [6.45, 7) is 1.92. The first-order chi connectivity index (χ1) is 8.04. The fourth-order valence-corrected chi connectivity index (χ4v) is 3.09. The minimum atomic E-state index is -0.964. The molecule has 5 nitrogen and oxygen atoms in total. The molecule has 5 heteroatoms. The Morgan fingerprint density at radius 3 is 3.12 bits per heavy atom. The van der Waals surface area contributed by atoms with E-state index in [1.54, 1.807) is 6.26 Å². The molecule has 1 aromatic heterocycles. The van der Waals surface area contributed by atoms with Gasteiger partial charge < -0.3 is 14.4 Å². The van der Waals surface area contributed by atoms with E-state index >= 15 is 0 Å². The number of hydrogen-bond acceptors (Lipinski definition) is 3. The Hall–Kier alpha value is -1.78. The number of carbonyl (C=O) groups is 2. The summed E-state index contributed by atoms with van der Waals surface area (Å²) >= 11 is 0. The first-order valence-electron chi connectivity index (χ1n) is 5.66. The Morgan fingerprint density at radius 2 is 2.41 bits per heavy atom. The standard InChI is InChI=1S/C12H13NO4/c1-12-4-2-10(14)13(12)8(11(15)16)6-9-7(12)3-5-17-9/h3,5,8H,2,4,6H2,1H3,(H,15,16)/t8-,12+/m0/s1. The van der Waals surface area contributed by atoms with Crippen LogP contribution in [0.2, 0.25) is 0 Å².